The molecule has 3 rings (SSSR count). The van der Waals surface area contributed by atoms with Gasteiger partial charge in [-0.3, -0.25) is 4.79 Å². The number of benzene rings is 1. The highest BCUT2D eigenvalue weighted by molar-refractivity contribution is 7.91. The quantitative estimate of drug-likeness (QED) is 0.529. The summed E-state index contributed by atoms with van der Waals surface area (Å²) in [5.74, 6) is 0.0596. The van der Waals surface area contributed by atoms with Crippen LogP contribution in [0.3, 0.4) is 0 Å². The number of ether oxygens (including phenoxy) is 2. The molecule has 0 saturated heterocycles. The van der Waals surface area contributed by atoms with E-state index in [1.54, 1.807) is 36.4 Å². The van der Waals surface area contributed by atoms with Gasteiger partial charge in [-0.25, -0.2) is 8.42 Å². The first-order valence-corrected chi connectivity index (χ1v) is 15.8. The maximum absolute atomic E-state index is 14.0. The van der Waals surface area contributed by atoms with Crippen molar-refractivity contribution in [2.45, 2.75) is 62.5 Å². The van der Waals surface area contributed by atoms with Gasteiger partial charge in [0.15, 0.2) is 0 Å². The number of aliphatic hydroxyl groups is 1. The zero-order valence-corrected chi connectivity index (χ0v) is 25.5. The SMILES string of the molecule is C[C@@H]1CCCCO[C@H](CN(C)S(=O)(=O)c2cccs2)[C@@H](C)CN([C@@H](C)CO)C(=O)c2cc(N(C)C)ccc2O1. The minimum Gasteiger partial charge on any atom is -0.490 e. The number of likely N-dealkylation sites (N-methyl/N-ethyl adjacent to an activating group) is 1. The average molecular weight is 582 g/mol. The van der Waals surface area contributed by atoms with Crippen molar-refractivity contribution in [1.82, 2.24) is 9.21 Å². The molecule has 0 bridgehead atoms. The zero-order valence-electron chi connectivity index (χ0n) is 23.9. The maximum atomic E-state index is 14.0. The van der Waals surface area contributed by atoms with Gasteiger partial charge in [-0.15, -0.1) is 11.3 Å². The molecule has 2 heterocycles. The van der Waals surface area contributed by atoms with Gasteiger partial charge in [-0.1, -0.05) is 13.0 Å². The Bertz CT molecular complexity index is 1170. The van der Waals surface area contributed by atoms with Gasteiger partial charge in [-0.2, -0.15) is 4.31 Å². The molecule has 0 aliphatic carbocycles. The molecule has 1 aliphatic rings. The summed E-state index contributed by atoms with van der Waals surface area (Å²) in [4.78, 5) is 17.6. The third kappa shape index (κ3) is 7.94. The summed E-state index contributed by atoms with van der Waals surface area (Å²) in [6, 6.07) is 8.45. The molecule has 0 radical (unpaired) electrons. The highest BCUT2D eigenvalue weighted by Gasteiger charge is 2.32. The molecule has 39 heavy (non-hydrogen) atoms. The Hall–Kier alpha value is -2.18. The van der Waals surface area contributed by atoms with Crippen molar-refractivity contribution in [2.75, 3.05) is 52.3 Å². The number of hydrogen-bond acceptors (Lipinski definition) is 8. The maximum Gasteiger partial charge on any atom is 0.258 e. The second-order valence-electron chi connectivity index (χ2n) is 10.6. The summed E-state index contributed by atoms with van der Waals surface area (Å²) in [5.41, 5.74) is 1.30. The summed E-state index contributed by atoms with van der Waals surface area (Å²) in [7, 11) is 1.74. The highest BCUT2D eigenvalue weighted by Crippen LogP contribution is 2.29. The van der Waals surface area contributed by atoms with Crippen molar-refractivity contribution in [1.29, 1.82) is 0 Å². The highest BCUT2D eigenvalue weighted by atomic mass is 32.2. The van der Waals surface area contributed by atoms with E-state index in [0.717, 1.165) is 24.9 Å². The molecule has 0 fully saturated rings. The first kappa shape index (κ1) is 31.3. The average Bonchev–Trinajstić information content (AvgIpc) is 3.45. The van der Waals surface area contributed by atoms with E-state index < -0.39 is 22.2 Å². The largest absolute Gasteiger partial charge is 0.490 e. The Labute approximate surface area is 237 Å². The Morgan fingerprint density at radius 1 is 1.18 bits per heavy atom. The zero-order chi connectivity index (χ0) is 28.7. The standard InChI is InChI=1S/C28H43N3O6S2/c1-20-17-31(21(2)19-32)28(33)24-16-23(29(4)5)12-13-25(24)37-22(3)10-7-8-14-36-26(20)18-30(6)39(34,35)27-11-9-15-38-27/h9,11-13,15-16,20-22,26,32H,7-8,10,14,17-19H2,1-6H3/t20-,21-,22+,26+/m0/s1. The van der Waals surface area contributed by atoms with E-state index >= 15 is 0 Å². The van der Waals surface area contributed by atoms with Crippen molar-refractivity contribution < 1.29 is 27.8 Å². The second-order valence-corrected chi connectivity index (χ2v) is 13.8. The summed E-state index contributed by atoms with van der Waals surface area (Å²) in [5, 5.41) is 11.8. The van der Waals surface area contributed by atoms with Gasteiger partial charge in [0.25, 0.3) is 15.9 Å². The summed E-state index contributed by atoms with van der Waals surface area (Å²) >= 11 is 1.18. The predicted molar refractivity (Wildman–Crippen MR) is 155 cm³/mol. The monoisotopic (exact) mass is 581 g/mol. The number of carbonyl (C=O) groups excluding carboxylic acids is 1. The van der Waals surface area contributed by atoms with Gasteiger partial charge >= 0.3 is 0 Å². The molecule has 1 N–H and O–H groups in total. The Balaban J connectivity index is 1.96. The molecule has 2 aromatic rings. The summed E-state index contributed by atoms with van der Waals surface area (Å²) in [6.45, 7) is 6.44. The van der Waals surface area contributed by atoms with Crippen LogP contribution in [-0.2, 0) is 14.8 Å². The van der Waals surface area contributed by atoms with Gasteiger partial charge in [0.1, 0.15) is 9.96 Å². The van der Waals surface area contributed by atoms with Crippen molar-refractivity contribution >= 4 is 33.0 Å². The third-order valence-corrected chi connectivity index (χ3v) is 10.3. The van der Waals surface area contributed by atoms with E-state index in [0.29, 0.717) is 17.9 Å². The molecular weight excluding hydrogens is 538 g/mol. The van der Waals surface area contributed by atoms with Gasteiger partial charge in [-0.05, 0) is 62.8 Å². The molecule has 1 aliphatic heterocycles. The summed E-state index contributed by atoms with van der Waals surface area (Å²) < 4.78 is 40.4. The van der Waals surface area contributed by atoms with Crippen LogP contribution in [-0.4, -0.2) is 94.3 Å². The van der Waals surface area contributed by atoms with Crippen LogP contribution in [0.15, 0.2) is 39.9 Å². The fraction of sp³-hybridized carbons (Fsp3) is 0.607. The first-order valence-electron chi connectivity index (χ1n) is 13.5. The van der Waals surface area contributed by atoms with Crippen LogP contribution in [0, 0.1) is 5.92 Å². The molecule has 11 heteroatoms. The van der Waals surface area contributed by atoms with Crippen LogP contribution in [0.4, 0.5) is 5.69 Å². The van der Waals surface area contributed by atoms with Gasteiger partial charge in [0.2, 0.25) is 0 Å². The lowest BCUT2D eigenvalue weighted by Gasteiger charge is -2.35. The Kier molecular flexibility index (Phi) is 11.2. The molecule has 4 atom stereocenters. The van der Waals surface area contributed by atoms with Crippen molar-refractivity contribution in [3.8, 4) is 5.75 Å². The number of carbonyl (C=O) groups is 1. The minimum atomic E-state index is -3.65. The Morgan fingerprint density at radius 2 is 1.92 bits per heavy atom. The van der Waals surface area contributed by atoms with Crippen LogP contribution >= 0.6 is 11.3 Å². The normalized spacial score (nSPS) is 22.6. The number of rotatable bonds is 7. The Morgan fingerprint density at radius 3 is 2.56 bits per heavy atom. The molecule has 9 nitrogen and oxygen atoms in total. The number of hydrogen-bond donors (Lipinski definition) is 1. The van der Waals surface area contributed by atoms with E-state index in [-0.39, 0.29) is 41.8 Å². The number of amides is 1. The van der Waals surface area contributed by atoms with Crippen LogP contribution in [0.2, 0.25) is 0 Å². The fourth-order valence-corrected chi connectivity index (χ4v) is 6.95. The van der Waals surface area contributed by atoms with Gasteiger partial charge in [0, 0.05) is 52.4 Å². The molecule has 1 amide bonds. The van der Waals surface area contributed by atoms with E-state index in [1.165, 1.54) is 15.6 Å². The van der Waals surface area contributed by atoms with Crippen LogP contribution in [0.1, 0.15) is 50.4 Å². The molecule has 1 aromatic carbocycles. The molecule has 0 spiro atoms. The molecule has 218 valence electrons. The first-order chi connectivity index (χ1) is 18.4. The smallest absolute Gasteiger partial charge is 0.258 e. The van der Waals surface area contributed by atoms with Crippen LogP contribution in [0.5, 0.6) is 5.75 Å². The topological polar surface area (TPSA) is 99.6 Å². The van der Waals surface area contributed by atoms with E-state index in [9.17, 15) is 18.3 Å². The van der Waals surface area contributed by atoms with Gasteiger partial charge < -0.3 is 24.4 Å². The lowest BCUT2D eigenvalue weighted by Crippen LogP contribution is -2.48. The molecule has 1 aromatic heterocycles. The second kappa shape index (κ2) is 13.9. The number of sulfonamides is 1. The minimum absolute atomic E-state index is 0.106. The molecule has 0 unspecified atom stereocenters. The fourth-order valence-electron chi connectivity index (χ4n) is 4.57. The van der Waals surface area contributed by atoms with Crippen molar-refractivity contribution in [3.05, 3.63) is 41.3 Å². The van der Waals surface area contributed by atoms with Crippen LogP contribution in [0.25, 0.3) is 0 Å². The number of anilines is 1. The van der Waals surface area contributed by atoms with Crippen molar-refractivity contribution in [3.63, 3.8) is 0 Å². The van der Waals surface area contributed by atoms with E-state index in [1.807, 2.05) is 51.0 Å². The lowest BCUT2D eigenvalue weighted by molar-refractivity contribution is -0.00832. The number of aliphatic hydroxyl groups excluding tert-OH is 1. The number of nitrogens with zero attached hydrogens (tertiary/aromatic N) is 3. The number of fused-ring (bicyclic) bond motifs is 1. The molecular formula is C28H43N3O6S2. The predicted octanol–water partition coefficient (Wildman–Crippen LogP) is 3.93. The van der Waals surface area contributed by atoms with E-state index in [4.69, 9.17) is 9.47 Å². The van der Waals surface area contributed by atoms with Crippen LogP contribution < -0.4 is 9.64 Å². The van der Waals surface area contributed by atoms with Crippen molar-refractivity contribution in [2.24, 2.45) is 5.92 Å². The van der Waals surface area contributed by atoms with Gasteiger partial charge in [0.05, 0.1) is 30.4 Å². The lowest BCUT2D eigenvalue weighted by atomic mass is 10.0. The summed E-state index contributed by atoms with van der Waals surface area (Å²) in [6.07, 6.45) is 1.91. The third-order valence-electron chi connectivity index (χ3n) is 7.15. The molecule has 0 saturated carbocycles. The van der Waals surface area contributed by atoms with E-state index in [2.05, 4.69) is 0 Å². The number of thiophene rings is 1.